The average molecular weight is 417 g/mol. The van der Waals surface area contributed by atoms with Crippen LogP contribution in [0.15, 0.2) is 27.5 Å². The van der Waals surface area contributed by atoms with E-state index in [9.17, 15) is 13.2 Å². The van der Waals surface area contributed by atoms with Crippen molar-refractivity contribution in [2.75, 3.05) is 19.7 Å². The smallest absolute Gasteiger partial charge is 0.374 e. The van der Waals surface area contributed by atoms with E-state index < -0.39 is 16.0 Å². The summed E-state index contributed by atoms with van der Waals surface area (Å²) in [5.41, 5.74) is 1.05. The molecule has 0 aliphatic carbocycles. The number of benzene rings is 1. The number of sulfonamides is 1. The number of hydrogen-bond acceptors (Lipinski definition) is 6. The highest BCUT2D eigenvalue weighted by atomic mass is 35.5. The quantitative estimate of drug-likeness (QED) is 0.771. The minimum atomic E-state index is -3.62. The lowest BCUT2D eigenvalue weighted by Crippen LogP contribution is -2.55. The summed E-state index contributed by atoms with van der Waals surface area (Å²) in [4.78, 5) is 12.2. The van der Waals surface area contributed by atoms with Gasteiger partial charge in [0, 0.05) is 36.1 Å². The molecular weight excluding hydrogens is 392 g/mol. The van der Waals surface area contributed by atoms with Gasteiger partial charge in [0.25, 0.3) is 0 Å². The van der Waals surface area contributed by atoms with Crippen molar-refractivity contribution in [2.45, 2.75) is 44.7 Å². The van der Waals surface area contributed by atoms with Crippen molar-refractivity contribution in [3.05, 3.63) is 29.5 Å². The van der Waals surface area contributed by atoms with Crippen LogP contribution in [0.2, 0.25) is 0 Å². The summed E-state index contributed by atoms with van der Waals surface area (Å²) in [5.74, 6) is -0.434. The summed E-state index contributed by atoms with van der Waals surface area (Å²) in [6.07, 6.45) is 0. The zero-order valence-electron chi connectivity index (χ0n) is 15.8. The molecule has 2 unspecified atom stereocenters. The minimum Gasteiger partial charge on any atom is -0.460 e. The molecule has 2 aromatic rings. The third kappa shape index (κ3) is 4.13. The number of aryl methyl sites for hydroxylation is 1. The second kappa shape index (κ2) is 8.18. The first-order valence-electron chi connectivity index (χ1n) is 8.70. The Kier molecular flexibility index (Phi) is 6.57. The fourth-order valence-electron chi connectivity index (χ4n) is 3.37. The molecule has 27 heavy (non-hydrogen) atoms. The number of esters is 1. The van der Waals surface area contributed by atoms with Crippen LogP contribution in [0.5, 0.6) is 0 Å². The fourth-order valence-corrected chi connectivity index (χ4v) is 5.02. The predicted octanol–water partition coefficient (Wildman–Crippen LogP) is 2.71. The van der Waals surface area contributed by atoms with Crippen molar-refractivity contribution >= 4 is 39.4 Å². The lowest BCUT2D eigenvalue weighted by molar-refractivity contribution is 0.0491. The second-order valence-corrected chi connectivity index (χ2v) is 8.66. The fraction of sp³-hybridized carbons (Fsp3) is 0.500. The molecule has 1 N–H and O–H groups in total. The summed E-state index contributed by atoms with van der Waals surface area (Å²) < 4.78 is 38.2. The standard InChI is InChI=1S/C18H24N2O5S.ClH/c1-5-24-18(21)17-13(4)15-8-14(6-7-16(15)25-17)26(22,23)20-9-11(2)19-12(3)10-20;/h6-8,11-12,19H,5,9-10H2,1-4H3;1H. The topological polar surface area (TPSA) is 88.8 Å². The van der Waals surface area contributed by atoms with Crippen molar-refractivity contribution in [3.8, 4) is 0 Å². The van der Waals surface area contributed by atoms with Gasteiger partial charge in [0.15, 0.2) is 0 Å². The van der Waals surface area contributed by atoms with Crippen LogP contribution in [0.25, 0.3) is 11.0 Å². The number of piperazine rings is 1. The van der Waals surface area contributed by atoms with Gasteiger partial charge in [0.1, 0.15) is 5.58 Å². The maximum atomic E-state index is 13.1. The van der Waals surface area contributed by atoms with Crippen molar-refractivity contribution in [3.63, 3.8) is 0 Å². The van der Waals surface area contributed by atoms with Gasteiger partial charge in [0.05, 0.1) is 11.5 Å². The number of nitrogens with one attached hydrogen (secondary N) is 1. The first kappa shape index (κ1) is 21.7. The van der Waals surface area contributed by atoms with Gasteiger partial charge < -0.3 is 14.5 Å². The van der Waals surface area contributed by atoms with Crippen molar-refractivity contribution < 1.29 is 22.4 Å². The van der Waals surface area contributed by atoms with E-state index in [2.05, 4.69) is 5.32 Å². The maximum absolute atomic E-state index is 13.1. The number of halogens is 1. The van der Waals surface area contributed by atoms with Gasteiger partial charge in [-0.1, -0.05) is 0 Å². The van der Waals surface area contributed by atoms with Crippen molar-refractivity contribution in [1.29, 1.82) is 0 Å². The molecule has 1 aliphatic heterocycles. The van der Waals surface area contributed by atoms with Crippen LogP contribution in [0.4, 0.5) is 0 Å². The van der Waals surface area contributed by atoms with Crippen molar-refractivity contribution in [2.24, 2.45) is 0 Å². The Morgan fingerprint density at radius 2 is 1.93 bits per heavy atom. The normalized spacial score (nSPS) is 21.0. The van der Waals surface area contributed by atoms with Crippen LogP contribution >= 0.6 is 12.4 Å². The summed E-state index contributed by atoms with van der Waals surface area (Å²) in [6, 6.07) is 4.86. The molecular formula is C18H25ClN2O5S. The lowest BCUT2D eigenvalue weighted by Gasteiger charge is -2.35. The Morgan fingerprint density at radius 3 is 2.52 bits per heavy atom. The van der Waals surface area contributed by atoms with Gasteiger partial charge in [-0.25, -0.2) is 13.2 Å². The molecule has 1 saturated heterocycles. The zero-order valence-corrected chi connectivity index (χ0v) is 17.4. The van der Waals surface area contributed by atoms with Crippen LogP contribution < -0.4 is 5.32 Å². The number of nitrogens with zero attached hydrogens (tertiary/aromatic N) is 1. The van der Waals surface area contributed by atoms with Crippen LogP contribution in [0.3, 0.4) is 0 Å². The maximum Gasteiger partial charge on any atom is 0.374 e. The summed E-state index contributed by atoms with van der Waals surface area (Å²) in [5, 5.41) is 3.93. The Morgan fingerprint density at radius 1 is 1.30 bits per heavy atom. The van der Waals surface area contributed by atoms with Crippen LogP contribution in [-0.4, -0.2) is 50.5 Å². The van der Waals surface area contributed by atoms with E-state index in [0.29, 0.717) is 29.6 Å². The molecule has 1 fully saturated rings. The third-order valence-corrected chi connectivity index (χ3v) is 6.36. The largest absolute Gasteiger partial charge is 0.460 e. The van der Waals surface area contributed by atoms with Gasteiger partial charge in [-0.05, 0) is 45.9 Å². The third-order valence-electron chi connectivity index (χ3n) is 4.53. The summed E-state index contributed by atoms with van der Waals surface area (Å²) >= 11 is 0. The molecule has 1 aromatic heterocycles. The van der Waals surface area contributed by atoms with Gasteiger partial charge in [0.2, 0.25) is 15.8 Å². The highest BCUT2D eigenvalue weighted by Crippen LogP contribution is 2.29. The van der Waals surface area contributed by atoms with E-state index in [1.54, 1.807) is 26.0 Å². The molecule has 1 aliphatic rings. The number of rotatable bonds is 4. The van der Waals surface area contributed by atoms with E-state index in [4.69, 9.17) is 9.15 Å². The van der Waals surface area contributed by atoms with E-state index in [1.165, 1.54) is 10.4 Å². The molecule has 1 aromatic carbocycles. The molecule has 0 saturated carbocycles. The average Bonchev–Trinajstić information content (AvgIpc) is 2.91. The van der Waals surface area contributed by atoms with Crippen molar-refractivity contribution in [1.82, 2.24) is 9.62 Å². The van der Waals surface area contributed by atoms with Gasteiger partial charge in [-0.15, -0.1) is 12.4 Å². The minimum absolute atomic E-state index is 0. The Labute approximate surface area is 165 Å². The Balaban J connectivity index is 0.00000261. The monoisotopic (exact) mass is 416 g/mol. The second-order valence-electron chi connectivity index (χ2n) is 6.73. The Bertz CT molecular complexity index is 931. The molecule has 7 nitrogen and oxygen atoms in total. The number of furan rings is 1. The number of ether oxygens (including phenoxy) is 1. The number of carbonyl (C=O) groups excluding carboxylic acids is 1. The first-order chi connectivity index (χ1) is 12.2. The van der Waals surface area contributed by atoms with E-state index in [1.807, 2.05) is 13.8 Å². The van der Waals surface area contributed by atoms with E-state index in [0.717, 1.165) is 0 Å². The highest BCUT2D eigenvalue weighted by Gasteiger charge is 2.32. The molecule has 3 rings (SSSR count). The lowest BCUT2D eigenvalue weighted by atomic mass is 10.1. The van der Waals surface area contributed by atoms with Crippen LogP contribution in [0, 0.1) is 6.92 Å². The summed E-state index contributed by atoms with van der Waals surface area (Å²) in [6.45, 7) is 8.46. The van der Waals surface area contributed by atoms with Crippen LogP contribution in [0.1, 0.15) is 36.9 Å². The predicted molar refractivity (Wildman–Crippen MR) is 105 cm³/mol. The Hall–Kier alpha value is -1.61. The highest BCUT2D eigenvalue weighted by molar-refractivity contribution is 7.89. The van der Waals surface area contributed by atoms with Crippen LogP contribution in [-0.2, 0) is 14.8 Å². The summed E-state index contributed by atoms with van der Waals surface area (Å²) in [7, 11) is -3.62. The molecule has 150 valence electrons. The number of hydrogen-bond donors (Lipinski definition) is 1. The van der Waals surface area contributed by atoms with E-state index >= 15 is 0 Å². The zero-order chi connectivity index (χ0) is 19.1. The number of carbonyl (C=O) groups is 1. The molecule has 0 radical (unpaired) electrons. The molecule has 2 heterocycles. The number of fused-ring (bicyclic) bond motifs is 1. The first-order valence-corrected chi connectivity index (χ1v) is 10.1. The SMILES string of the molecule is CCOC(=O)c1oc2ccc(S(=O)(=O)N3CC(C)NC(C)C3)cc2c1C.Cl. The van der Waals surface area contributed by atoms with Gasteiger partial charge >= 0.3 is 5.97 Å². The molecule has 0 bridgehead atoms. The molecule has 9 heteroatoms. The van der Waals surface area contributed by atoms with Gasteiger partial charge in [-0.3, -0.25) is 0 Å². The van der Waals surface area contributed by atoms with E-state index in [-0.39, 0.29) is 41.8 Å². The molecule has 2 atom stereocenters. The molecule has 0 amide bonds. The van der Waals surface area contributed by atoms with Gasteiger partial charge in [-0.2, -0.15) is 4.31 Å². The molecule has 0 spiro atoms.